The minimum absolute atomic E-state index is 0.0321. The first-order valence-corrected chi connectivity index (χ1v) is 31.2. The largest absolute Gasteiger partial charge is 0.472 e. The third kappa shape index (κ3) is 26.5. The number of ether oxygens (including phenoxy) is 6. The Morgan fingerprint density at radius 1 is 0.475 bits per heavy atom. The summed E-state index contributed by atoms with van der Waals surface area (Å²) in [6, 6.07) is 0. The topological polar surface area (TPSA) is 368 Å². The Balaban J connectivity index is 1.70. The van der Waals surface area contributed by atoms with Gasteiger partial charge in [0, 0.05) is 12.8 Å². The van der Waals surface area contributed by atoms with Crippen LogP contribution in [-0.4, -0.2) is 204 Å². The van der Waals surface area contributed by atoms with E-state index in [1.54, 1.807) is 0 Å². The Morgan fingerprint density at radius 2 is 0.863 bits per heavy atom. The van der Waals surface area contributed by atoms with Crippen molar-refractivity contribution in [1.29, 1.82) is 0 Å². The van der Waals surface area contributed by atoms with Gasteiger partial charge in [-0.1, -0.05) is 154 Å². The molecule has 1 saturated carbocycles. The van der Waals surface area contributed by atoms with Gasteiger partial charge in [0.25, 0.3) is 0 Å². The second-order valence-corrected chi connectivity index (χ2v) is 22.9. The number of carbonyl (C=O) groups is 2. The third-order valence-corrected chi connectivity index (χ3v) is 15.8. The number of carbonyl (C=O) groups excluding carboxylic acids is 2. The van der Waals surface area contributed by atoms with Crippen LogP contribution in [0, 0.1) is 0 Å². The van der Waals surface area contributed by atoms with Gasteiger partial charge in [-0.05, 0) is 44.9 Å². The summed E-state index contributed by atoms with van der Waals surface area (Å²) in [4.78, 5) is 37.5. The molecule has 12 N–H and O–H groups in total. The fourth-order valence-electron chi connectivity index (χ4n) is 9.80. The number of rotatable bonds is 43. The van der Waals surface area contributed by atoms with Gasteiger partial charge in [0.2, 0.25) is 0 Å². The normalized spacial score (nSPS) is 31.4. The van der Waals surface area contributed by atoms with Crippen molar-refractivity contribution in [2.45, 2.75) is 291 Å². The highest BCUT2D eigenvalue weighted by molar-refractivity contribution is 7.47. The molecular weight excluding hydrogens is 1070 g/mol. The predicted octanol–water partition coefficient (Wildman–Crippen LogP) is 4.10. The minimum atomic E-state index is -5.64. The fourth-order valence-corrected chi connectivity index (χ4v) is 10.8. The van der Waals surface area contributed by atoms with E-state index in [-0.39, 0.29) is 12.8 Å². The zero-order chi connectivity index (χ0) is 58.9. The minimum Gasteiger partial charge on any atom is -0.462 e. The predicted molar refractivity (Wildman–Crippen MR) is 291 cm³/mol. The number of esters is 2. The van der Waals surface area contributed by atoms with E-state index < -0.39 is 150 Å². The molecule has 3 aliphatic rings. The molecule has 0 aromatic carbocycles. The summed E-state index contributed by atoms with van der Waals surface area (Å²) in [6.07, 6.45) is 0.153. The van der Waals surface area contributed by atoms with Crippen LogP contribution in [-0.2, 0) is 51.6 Å². The molecule has 24 heteroatoms. The van der Waals surface area contributed by atoms with Gasteiger partial charge in [0.15, 0.2) is 18.7 Å². The number of hydrogen-bond donors (Lipinski definition) is 12. The van der Waals surface area contributed by atoms with Crippen molar-refractivity contribution in [1.82, 2.24) is 0 Å². The molecule has 3 rings (SSSR count). The van der Waals surface area contributed by atoms with Crippen LogP contribution in [0.3, 0.4) is 0 Å². The molecule has 0 amide bonds. The molecule has 2 aliphatic heterocycles. The van der Waals surface area contributed by atoms with Gasteiger partial charge in [-0.15, -0.1) is 0 Å². The molecule has 0 aromatic rings. The van der Waals surface area contributed by atoms with Crippen molar-refractivity contribution < 1.29 is 113 Å². The first-order valence-electron chi connectivity index (χ1n) is 29.7. The van der Waals surface area contributed by atoms with Crippen molar-refractivity contribution >= 4 is 19.8 Å². The summed E-state index contributed by atoms with van der Waals surface area (Å²) in [5.41, 5.74) is 0. The summed E-state index contributed by atoms with van der Waals surface area (Å²) in [5, 5.41) is 117. The highest BCUT2D eigenvalue weighted by Crippen LogP contribution is 2.49. The number of phosphoric acid groups is 1. The maximum atomic E-state index is 14.0. The van der Waals surface area contributed by atoms with E-state index in [9.17, 15) is 75.2 Å². The van der Waals surface area contributed by atoms with E-state index in [2.05, 4.69) is 38.2 Å². The highest BCUT2D eigenvalue weighted by Gasteiger charge is 2.58. The Kier molecular flexibility index (Phi) is 37.1. The quantitative estimate of drug-likeness (QED) is 0.0177. The molecule has 3 fully saturated rings. The van der Waals surface area contributed by atoms with Crippen LogP contribution >= 0.6 is 7.82 Å². The average Bonchev–Trinajstić information content (AvgIpc) is 3.44. The SMILES string of the molecule is CCCCCC/C=C\C/C=C\CCCCCCCC(=O)OC[C@H](COP(=O)(O)OC1C(O[C@@H]2OC(CO)[C@H](O)C(O)[C@@H]2O)C(O)C(O)C(O)[C@H]1O[C@H]1OC(CO)[C@@H](O)C(O)[C@H]1O)OC(=O)CCCCCCCCCCCCCCC. The molecule has 80 heavy (non-hydrogen) atoms. The van der Waals surface area contributed by atoms with Crippen LogP contribution in [0.4, 0.5) is 0 Å². The van der Waals surface area contributed by atoms with Crippen LogP contribution in [0.2, 0.25) is 0 Å². The number of aliphatic hydroxyl groups is 11. The smallest absolute Gasteiger partial charge is 0.462 e. The molecule has 18 atom stereocenters. The molecule has 2 heterocycles. The van der Waals surface area contributed by atoms with E-state index in [4.69, 9.17) is 37.5 Å². The third-order valence-electron chi connectivity index (χ3n) is 14.8. The lowest BCUT2D eigenvalue weighted by Crippen LogP contribution is -2.69. The van der Waals surface area contributed by atoms with Crippen molar-refractivity contribution in [2.24, 2.45) is 0 Å². The van der Waals surface area contributed by atoms with Gasteiger partial charge in [-0.25, -0.2) is 4.57 Å². The van der Waals surface area contributed by atoms with Gasteiger partial charge in [0.05, 0.1) is 19.8 Å². The van der Waals surface area contributed by atoms with Crippen LogP contribution < -0.4 is 0 Å². The number of phosphoric ester groups is 1. The van der Waals surface area contributed by atoms with E-state index in [1.807, 2.05) is 0 Å². The molecular formula is C56H101O23P. The van der Waals surface area contributed by atoms with Gasteiger partial charge >= 0.3 is 19.8 Å². The molecule has 10 unspecified atom stereocenters. The Bertz CT molecular complexity index is 1690. The van der Waals surface area contributed by atoms with Crippen molar-refractivity contribution in [3.63, 3.8) is 0 Å². The lowest BCUT2D eigenvalue weighted by atomic mass is 9.84. The summed E-state index contributed by atoms with van der Waals surface area (Å²) in [6.45, 7) is 0.975. The molecule has 23 nitrogen and oxygen atoms in total. The molecule has 0 radical (unpaired) electrons. The lowest BCUT2D eigenvalue weighted by molar-refractivity contribution is -0.360. The van der Waals surface area contributed by atoms with Crippen LogP contribution in [0.5, 0.6) is 0 Å². The molecule has 0 bridgehead atoms. The molecule has 468 valence electrons. The van der Waals surface area contributed by atoms with Crippen LogP contribution in [0.15, 0.2) is 24.3 Å². The van der Waals surface area contributed by atoms with E-state index in [1.165, 1.54) is 70.6 Å². The zero-order valence-electron chi connectivity index (χ0n) is 47.3. The number of allylic oxidation sites excluding steroid dienone is 4. The van der Waals surface area contributed by atoms with Crippen molar-refractivity contribution in [3.05, 3.63) is 24.3 Å². The summed E-state index contributed by atoms with van der Waals surface area (Å²) >= 11 is 0. The summed E-state index contributed by atoms with van der Waals surface area (Å²) < 4.78 is 58.1. The average molecular weight is 1170 g/mol. The fraction of sp³-hybridized carbons (Fsp3) is 0.893. The molecule has 2 saturated heterocycles. The first-order chi connectivity index (χ1) is 38.4. The summed E-state index contributed by atoms with van der Waals surface area (Å²) in [5.74, 6) is -1.35. The van der Waals surface area contributed by atoms with Gasteiger partial charge in [-0.2, -0.15) is 0 Å². The van der Waals surface area contributed by atoms with Crippen LogP contribution in [0.25, 0.3) is 0 Å². The first kappa shape index (κ1) is 72.2. The van der Waals surface area contributed by atoms with Gasteiger partial charge in [0.1, 0.15) is 92.1 Å². The lowest BCUT2D eigenvalue weighted by Gasteiger charge is -2.49. The maximum Gasteiger partial charge on any atom is 0.472 e. The molecule has 0 spiro atoms. The maximum absolute atomic E-state index is 14.0. The van der Waals surface area contributed by atoms with E-state index in [0.29, 0.717) is 12.8 Å². The highest BCUT2D eigenvalue weighted by atomic mass is 31.2. The second kappa shape index (κ2) is 41.1. The number of hydrogen-bond acceptors (Lipinski definition) is 22. The number of unbranched alkanes of at least 4 members (excludes halogenated alkanes) is 21. The van der Waals surface area contributed by atoms with Crippen molar-refractivity contribution in [2.75, 3.05) is 26.4 Å². The van der Waals surface area contributed by atoms with E-state index in [0.717, 1.165) is 77.0 Å². The molecule has 0 aromatic heterocycles. The van der Waals surface area contributed by atoms with E-state index >= 15 is 0 Å². The number of aliphatic hydroxyl groups excluding tert-OH is 11. The van der Waals surface area contributed by atoms with Crippen LogP contribution in [0.1, 0.15) is 187 Å². The van der Waals surface area contributed by atoms with Gasteiger partial charge < -0.3 is 89.5 Å². The monoisotopic (exact) mass is 1170 g/mol. The standard InChI is InChI=1S/C56H101O23P/c1-3-5-7-9-11-13-15-17-18-19-21-22-24-26-28-30-32-41(59)72-36-38(74-42(60)33-31-29-27-25-23-20-16-14-12-10-8-6-4-2)37-73-80(70,71)79-54-52(77-55-50(68)45(63)43(61)39(34-57)75-55)48(66)47(65)49(67)53(54)78-56-51(69)46(64)44(62)40(35-58)76-56/h13,15,18-19,38-40,43-58,61-69H,3-12,14,16-17,20-37H2,1-2H3,(H,70,71)/b15-13-,19-18-/t38-,39?,40?,43-,44+,45?,46?,47?,48?,49?,50-,51+,52-,53?,54?,55-,56+/m1/s1. The molecule has 1 aliphatic carbocycles. The Labute approximate surface area is 473 Å². The zero-order valence-corrected chi connectivity index (χ0v) is 48.2. The van der Waals surface area contributed by atoms with Crippen molar-refractivity contribution in [3.8, 4) is 0 Å². The Hall–Kier alpha value is -2.07. The Morgan fingerprint density at radius 3 is 1.30 bits per heavy atom. The summed E-state index contributed by atoms with van der Waals surface area (Å²) in [7, 11) is -5.64. The second-order valence-electron chi connectivity index (χ2n) is 21.5. The van der Waals surface area contributed by atoms with Gasteiger partial charge in [-0.3, -0.25) is 18.6 Å².